The van der Waals surface area contributed by atoms with E-state index in [1.54, 1.807) is 7.11 Å². The summed E-state index contributed by atoms with van der Waals surface area (Å²) >= 11 is 0. The van der Waals surface area contributed by atoms with Gasteiger partial charge >= 0.3 is 0 Å². The Labute approximate surface area is 163 Å². The average molecular weight is 365 g/mol. The smallest absolute Gasteiger partial charge is 0.122 e. The van der Waals surface area contributed by atoms with Crippen molar-refractivity contribution in [3.05, 3.63) is 64.7 Å². The van der Waals surface area contributed by atoms with Crippen LogP contribution < -0.4 is 10.1 Å². The molecule has 3 heteroatoms. The van der Waals surface area contributed by atoms with Gasteiger partial charge in [-0.15, -0.1) is 0 Å². The first-order valence-corrected chi connectivity index (χ1v) is 10.4. The Bertz CT molecular complexity index is 782. The number of nitrogens with zero attached hydrogens (tertiary/aromatic N) is 1. The molecule has 1 saturated carbocycles. The Balaban J connectivity index is 1.48. The third-order valence-corrected chi connectivity index (χ3v) is 5.97. The highest BCUT2D eigenvalue weighted by atomic mass is 16.5. The number of ether oxygens (including phenoxy) is 1. The molecule has 1 heterocycles. The number of hydrogen-bond acceptors (Lipinski definition) is 3. The SMILES string of the molecule is COc1cc(CN2CCNC(c3ccccc3C(C)C)C2)ccc1C1CC1. The highest BCUT2D eigenvalue weighted by Gasteiger charge is 2.27. The van der Waals surface area contributed by atoms with Crippen molar-refractivity contribution in [2.24, 2.45) is 0 Å². The first-order valence-electron chi connectivity index (χ1n) is 10.4. The van der Waals surface area contributed by atoms with Crippen molar-refractivity contribution in [2.75, 3.05) is 26.7 Å². The fraction of sp³-hybridized carbons (Fsp3) is 0.500. The van der Waals surface area contributed by atoms with Crippen molar-refractivity contribution in [2.45, 2.75) is 51.1 Å². The fourth-order valence-corrected chi connectivity index (χ4v) is 4.36. The van der Waals surface area contributed by atoms with Crippen LogP contribution in [0.25, 0.3) is 0 Å². The van der Waals surface area contributed by atoms with E-state index in [1.165, 1.54) is 35.1 Å². The third-order valence-electron chi connectivity index (χ3n) is 5.97. The number of piperazine rings is 1. The summed E-state index contributed by atoms with van der Waals surface area (Å²) in [6, 6.07) is 16.2. The summed E-state index contributed by atoms with van der Waals surface area (Å²) < 4.78 is 5.68. The van der Waals surface area contributed by atoms with Crippen molar-refractivity contribution in [3.8, 4) is 5.75 Å². The van der Waals surface area contributed by atoms with Crippen molar-refractivity contribution in [1.29, 1.82) is 0 Å². The number of rotatable bonds is 6. The summed E-state index contributed by atoms with van der Waals surface area (Å²) in [5.41, 5.74) is 5.67. The Morgan fingerprint density at radius 2 is 1.93 bits per heavy atom. The molecule has 1 N–H and O–H groups in total. The zero-order valence-electron chi connectivity index (χ0n) is 16.9. The highest BCUT2D eigenvalue weighted by Crippen LogP contribution is 2.44. The van der Waals surface area contributed by atoms with Gasteiger partial charge in [0.1, 0.15) is 5.75 Å². The molecule has 27 heavy (non-hydrogen) atoms. The predicted octanol–water partition coefficient (Wildman–Crippen LogP) is 4.84. The summed E-state index contributed by atoms with van der Waals surface area (Å²) in [5, 5.41) is 3.73. The van der Waals surface area contributed by atoms with Crippen LogP contribution in [-0.4, -0.2) is 31.6 Å². The van der Waals surface area contributed by atoms with Gasteiger partial charge in [0, 0.05) is 32.2 Å². The Kier molecular flexibility index (Phi) is 5.51. The van der Waals surface area contributed by atoms with Crippen LogP contribution in [0.3, 0.4) is 0 Å². The minimum Gasteiger partial charge on any atom is -0.496 e. The molecule has 1 aliphatic heterocycles. The molecule has 2 aromatic carbocycles. The molecule has 4 rings (SSSR count). The van der Waals surface area contributed by atoms with Crippen LogP contribution >= 0.6 is 0 Å². The van der Waals surface area contributed by atoms with Crippen LogP contribution in [0.1, 0.15) is 66.8 Å². The zero-order valence-corrected chi connectivity index (χ0v) is 16.9. The van der Waals surface area contributed by atoms with Gasteiger partial charge in [-0.1, -0.05) is 50.2 Å². The second kappa shape index (κ2) is 8.04. The molecule has 1 saturated heterocycles. The minimum absolute atomic E-state index is 0.407. The Hall–Kier alpha value is -1.84. The van der Waals surface area contributed by atoms with Crippen molar-refractivity contribution in [1.82, 2.24) is 10.2 Å². The summed E-state index contributed by atoms with van der Waals surface area (Å²) in [7, 11) is 1.80. The van der Waals surface area contributed by atoms with Gasteiger partial charge in [0.05, 0.1) is 7.11 Å². The molecule has 0 bridgehead atoms. The maximum absolute atomic E-state index is 5.68. The monoisotopic (exact) mass is 364 g/mol. The molecule has 144 valence electrons. The molecule has 2 aliphatic rings. The molecular formula is C24H32N2O. The van der Waals surface area contributed by atoms with E-state index in [0.29, 0.717) is 12.0 Å². The molecule has 3 nitrogen and oxygen atoms in total. The molecule has 1 unspecified atom stereocenters. The van der Waals surface area contributed by atoms with Gasteiger partial charge in [-0.05, 0) is 53.0 Å². The van der Waals surface area contributed by atoms with Gasteiger partial charge in [-0.2, -0.15) is 0 Å². The van der Waals surface area contributed by atoms with Crippen LogP contribution in [0.5, 0.6) is 5.75 Å². The summed E-state index contributed by atoms with van der Waals surface area (Å²) in [4.78, 5) is 2.57. The standard InChI is InChI=1S/C24H32N2O/c1-17(2)20-6-4-5-7-22(20)23-16-26(13-12-25-23)15-18-8-11-21(19-9-10-19)24(14-18)27-3/h4-8,11,14,17,19,23,25H,9-10,12-13,15-16H2,1-3H3. The van der Waals surface area contributed by atoms with Gasteiger partial charge in [-0.3, -0.25) is 4.90 Å². The topological polar surface area (TPSA) is 24.5 Å². The lowest BCUT2D eigenvalue weighted by molar-refractivity contribution is 0.192. The van der Waals surface area contributed by atoms with E-state index in [2.05, 4.69) is 66.5 Å². The van der Waals surface area contributed by atoms with Gasteiger partial charge < -0.3 is 10.1 Å². The van der Waals surface area contributed by atoms with Crippen molar-refractivity contribution >= 4 is 0 Å². The largest absolute Gasteiger partial charge is 0.496 e. The average Bonchev–Trinajstić information content (AvgIpc) is 3.53. The fourth-order valence-electron chi connectivity index (χ4n) is 4.36. The highest BCUT2D eigenvalue weighted by molar-refractivity contribution is 5.42. The first-order chi connectivity index (χ1) is 13.2. The normalized spacial score (nSPS) is 20.8. The Morgan fingerprint density at radius 3 is 2.67 bits per heavy atom. The van der Waals surface area contributed by atoms with Crippen molar-refractivity contribution < 1.29 is 4.74 Å². The zero-order chi connectivity index (χ0) is 18.8. The van der Waals surface area contributed by atoms with E-state index in [1.807, 2.05) is 0 Å². The molecule has 1 aliphatic carbocycles. The van der Waals surface area contributed by atoms with Crippen LogP contribution in [0.15, 0.2) is 42.5 Å². The van der Waals surface area contributed by atoms with E-state index < -0.39 is 0 Å². The van der Waals surface area contributed by atoms with Gasteiger partial charge in [-0.25, -0.2) is 0 Å². The molecule has 0 radical (unpaired) electrons. The molecule has 0 spiro atoms. The summed E-state index contributed by atoms with van der Waals surface area (Å²) in [5.74, 6) is 2.36. The summed E-state index contributed by atoms with van der Waals surface area (Å²) in [6.07, 6.45) is 2.62. The lowest BCUT2D eigenvalue weighted by Crippen LogP contribution is -2.45. The maximum Gasteiger partial charge on any atom is 0.122 e. The van der Waals surface area contributed by atoms with Crippen LogP contribution in [0.4, 0.5) is 0 Å². The lowest BCUT2D eigenvalue weighted by Gasteiger charge is -2.35. The van der Waals surface area contributed by atoms with Crippen LogP contribution in [0, 0.1) is 0 Å². The predicted molar refractivity (Wildman–Crippen MR) is 112 cm³/mol. The molecule has 2 aromatic rings. The van der Waals surface area contributed by atoms with Crippen LogP contribution in [0.2, 0.25) is 0 Å². The van der Waals surface area contributed by atoms with E-state index in [0.717, 1.165) is 37.8 Å². The molecule has 1 atom stereocenters. The molecule has 0 aromatic heterocycles. The van der Waals surface area contributed by atoms with E-state index >= 15 is 0 Å². The molecular weight excluding hydrogens is 332 g/mol. The van der Waals surface area contributed by atoms with E-state index in [9.17, 15) is 0 Å². The number of nitrogens with one attached hydrogen (secondary N) is 1. The van der Waals surface area contributed by atoms with Gasteiger partial charge in [0.15, 0.2) is 0 Å². The molecule has 0 amide bonds. The first kappa shape index (κ1) is 18.5. The molecule has 2 fully saturated rings. The lowest BCUT2D eigenvalue weighted by atomic mass is 9.91. The quantitative estimate of drug-likeness (QED) is 0.793. The van der Waals surface area contributed by atoms with Crippen LogP contribution in [-0.2, 0) is 6.54 Å². The maximum atomic E-state index is 5.68. The van der Waals surface area contributed by atoms with Gasteiger partial charge in [0.2, 0.25) is 0 Å². The second-order valence-corrected chi connectivity index (χ2v) is 8.38. The van der Waals surface area contributed by atoms with Crippen molar-refractivity contribution in [3.63, 3.8) is 0 Å². The minimum atomic E-state index is 0.407. The van der Waals surface area contributed by atoms with E-state index in [-0.39, 0.29) is 0 Å². The summed E-state index contributed by atoms with van der Waals surface area (Å²) in [6.45, 7) is 8.74. The van der Waals surface area contributed by atoms with E-state index in [4.69, 9.17) is 4.74 Å². The second-order valence-electron chi connectivity index (χ2n) is 8.38. The number of hydrogen-bond donors (Lipinski definition) is 1. The number of methoxy groups -OCH3 is 1. The van der Waals surface area contributed by atoms with Gasteiger partial charge in [0.25, 0.3) is 0 Å². The third kappa shape index (κ3) is 4.20. The Morgan fingerprint density at radius 1 is 1.11 bits per heavy atom. The number of benzene rings is 2.